The van der Waals surface area contributed by atoms with E-state index in [1.54, 1.807) is 60.7 Å². The van der Waals surface area contributed by atoms with Crippen molar-refractivity contribution in [3.8, 4) is 5.75 Å². The number of carbonyl (C=O) groups excluding carboxylic acids is 3. The van der Waals surface area contributed by atoms with E-state index in [1.165, 1.54) is 11.8 Å². The van der Waals surface area contributed by atoms with Gasteiger partial charge in [-0.25, -0.2) is 0 Å². The summed E-state index contributed by atoms with van der Waals surface area (Å²) in [7, 11) is 0. The van der Waals surface area contributed by atoms with Crippen LogP contribution >= 0.6 is 0 Å². The zero-order valence-corrected chi connectivity index (χ0v) is 19.6. The molecule has 4 aromatic rings. The number of aryl methyl sites for hydroxylation is 1. The van der Waals surface area contributed by atoms with Crippen LogP contribution in [0.15, 0.2) is 77.2 Å². The molecule has 176 valence electrons. The van der Waals surface area contributed by atoms with Crippen molar-refractivity contribution >= 4 is 39.9 Å². The fourth-order valence-corrected chi connectivity index (χ4v) is 4.25. The molecule has 1 N–H and O–H groups in total. The van der Waals surface area contributed by atoms with Gasteiger partial charge in [0, 0.05) is 17.5 Å². The van der Waals surface area contributed by atoms with E-state index >= 15 is 0 Å². The number of furan rings is 1. The molecule has 0 spiro atoms. The molecule has 7 heteroatoms. The molecule has 3 aromatic carbocycles. The number of rotatable bonds is 5. The predicted octanol–water partition coefficient (Wildman–Crippen LogP) is 5.11. The lowest BCUT2D eigenvalue weighted by Crippen LogP contribution is -2.60. The van der Waals surface area contributed by atoms with Gasteiger partial charge in [0.05, 0.1) is 11.4 Å². The Labute approximate surface area is 202 Å². The number of carbonyl (C=O) groups is 3. The first-order chi connectivity index (χ1) is 16.8. The van der Waals surface area contributed by atoms with E-state index in [4.69, 9.17) is 9.15 Å². The Morgan fingerprint density at radius 3 is 2.40 bits per heavy atom. The monoisotopic (exact) mass is 468 g/mol. The number of nitrogens with zero attached hydrogens (tertiary/aromatic N) is 1. The van der Waals surface area contributed by atoms with Crippen molar-refractivity contribution in [3.05, 3.63) is 89.7 Å². The number of ketones is 1. The highest BCUT2D eigenvalue weighted by Gasteiger charge is 2.50. The van der Waals surface area contributed by atoms with Gasteiger partial charge in [0.2, 0.25) is 5.78 Å². The summed E-state index contributed by atoms with van der Waals surface area (Å²) in [6, 6.07) is 21.2. The SMILES string of the molecule is CCN1C(=O)C(C)(C(=O)Nc2c(C(=O)c3ccc(C)cc3)oc3ccccc23)Oc2ccccc21. The van der Waals surface area contributed by atoms with Crippen LogP contribution in [0.3, 0.4) is 0 Å². The van der Waals surface area contributed by atoms with Crippen LogP contribution in [0.1, 0.15) is 35.5 Å². The molecule has 0 radical (unpaired) electrons. The number of hydrogen-bond donors (Lipinski definition) is 1. The highest BCUT2D eigenvalue weighted by atomic mass is 16.5. The minimum absolute atomic E-state index is 0.0111. The summed E-state index contributed by atoms with van der Waals surface area (Å²) in [5.41, 5.74) is 0.853. The third-order valence-electron chi connectivity index (χ3n) is 6.23. The average molecular weight is 469 g/mol. The van der Waals surface area contributed by atoms with Crippen molar-refractivity contribution in [3.63, 3.8) is 0 Å². The summed E-state index contributed by atoms with van der Waals surface area (Å²) < 4.78 is 11.9. The van der Waals surface area contributed by atoms with Crippen molar-refractivity contribution < 1.29 is 23.5 Å². The second kappa shape index (κ2) is 8.43. The Bertz CT molecular complexity index is 1470. The van der Waals surface area contributed by atoms with E-state index in [1.807, 2.05) is 26.0 Å². The number of likely N-dealkylation sites (N-methyl/N-ethyl adjacent to an activating group) is 1. The third-order valence-corrected chi connectivity index (χ3v) is 6.23. The van der Waals surface area contributed by atoms with Crippen LogP contribution in [-0.2, 0) is 9.59 Å². The first-order valence-electron chi connectivity index (χ1n) is 11.4. The average Bonchev–Trinajstić information content (AvgIpc) is 3.23. The molecule has 0 fully saturated rings. The van der Waals surface area contributed by atoms with Crippen LogP contribution < -0.4 is 15.0 Å². The molecule has 1 aliphatic heterocycles. The Balaban J connectivity index is 1.56. The van der Waals surface area contributed by atoms with E-state index in [-0.39, 0.29) is 17.2 Å². The van der Waals surface area contributed by atoms with Crippen LogP contribution in [0.2, 0.25) is 0 Å². The summed E-state index contributed by atoms with van der Waals surface area (Å²) in [5, 5.41) is 3.34. The molecule has 0 aliphatic carbocycles. The van der Waals surface area contributed by atoms with Crippen LogP contribution in [0.4, 0.5) is 11.4 Å². The Morgan fingerprint density at radius 2 is 1.66 bits per heavy atom. The largest absolute Gasteiger partial charge is 0.465 e. The zero-order valence-electron chi connectivity index (χ0n) is 19.6. The lowest BCUT2D eigenvalue weighted by Gasteiger charge is -2.39. The number of para-hydroxylation sites is 3. The summed E-state index contributed by atoms with van der Waals surface area (Å²) >= 11 is 0. The molecule has 1 unspecified atom stereocenters. The first kappa shape index (κ1) is 22.4. The maximum atomic E-state index is 13.6. The molecular weight excluding hydrogens is 444 g/mol. The van der Waals surface area contributed by atoms with Crippen LogP contribution in [0.25, 0.3) is 11.0 Å². The molecule has 1 atom stereocenters. The molecule has 7 nitrogen and oxygen atoms in total. The fourth-order valence-electron chi connectivity index (χ4n) is 4.25. The Morgan fingerprint density at radius 1 is 0.971 bits per heavy atom. The van der Waals surface area contributed by atoms with Crippen LogP contribution in [0, 0.1) is 6.92 Å². The highest BCUT2D eigenvalue weighted by molar-refractivity contribution is 6.23. The number of amides is 2. The number of benzene rings is 3. The smallest absolute Gasteiger partial charge is 0.280 e. The second-order valence-electron chi connectivity index (χ2n) is 8.60. The van der Waals surface area contributed by atoms with E-state index in [2.05, 4.69) is 5.32 Å². The molecule has 0 saturated carbocycles. The molecule has 2 amide bonds. The van der Waals surface area contributed by atoms with Crippen molar-refractivity contribution in [2.24, 2.45) is 0 Å². The molecule has 5 rings (SSSR count). The minimum atomic E-state index is -1.84. The summed E-state index contributed by atoms with van der Waals surface area (Å²) in [5.74, 6) is -1.14. The van der Waals surface area contributed by atoms with E-state index in [9.17, 15) is 14.4 Å². The van der Waals surface area contributed by atoms with Crippen molar-refractivity contribution in [2.45, 2.75) is 26.4 Å². The number of fused-ring (bicyclic) bond motifs is 2. The van der Waals surface area contributed by atoms with Gasteiger partial charge in [-0.1, -0.05) is 54.1 Å². The summed E-state index contributed by atoms with van der Waals surface area (Å²) in [4.78, 5) is 41.9. The number of hydrogen-bond acceptors (Lipinski definition) is 5. The van der Waals surface area contributed by atoms with Gasteiger partial charge in [0.25, 0.3) is 17.4 Å². The van der Waals surface area contributed by atoms with Gasteiger partial charge in [0.1, 0.15) is 11.3 Å². The quantitative estimate of drug-likeness (QED) is 0.325. The van der Waals surface area contributed by atoms with Gasteiger partial charge < -0.3 is 19.4 Å². The van der Waals surface area contributed by atoms with Crippen molar-refractivity contribution in [1.82, 2.24) is 0 Å². The maximum Gasteiger partial charge on any atom is 0.280 e. The van der Waals surface area contributed by atoms with Crippen molar-refractivity contribution in [1.29, 1.82) is 0 Å². The lowest BCUT2D eigenvalue weighted by atomic mass is 9.99. The molecule has 0 bridgehead atoms. The van der Waals surface area contributed by atoms with Gasteiger partial charge in [0.15, 0.2) is 5.76 Å². The van der Waals surface area contributed by atoms with Gasteiger partial charge in [-0.15, -0.1) is 0 Å². The van der Waals surface area contributed by atoms with Gasteiger partial charge >= 0.3 is 0 Å². The number of anilines is 2. The molecular formula is C28H24N2O5. The molecule has 35 heavy (non-hydrogen) atoms. The summed E-state index contributed by atoms with van der Waals surface area (Å²) in [6.45, 7) is 5.57. The predicted molar refractivity (Wildman–Crippen MR) is 133 cm³/mol. The first-order valence-corrected chi connectivity index (χ1v) is 11.4. The Hall–Kier alpha value is -4.39. The van der Waals surface area contributed by atoms with Gasteiger partial charge in [-0.05, 0) is 45.0 Å². The Kier molecular flexibility index (Phi) is 5.40. The summed E-state index contributed by atoms with van der Waals surface area (Å²) in [6.07, 6.45) is 0. The molecule has 0 saturated heterocycles. The standard InChI is InChI=1S/C28H24N2O5/c1-4-30-20-10-6-8-12-22(20)35-28(3,27(30)33)26(32)29-23-19-9-5-7-11-21(19)34-25(23)24(31)18-15-13-17(2)14-16-18/h5-16H,4H2,1-3H3,(H,29,32). The van der Waals surface area contributed by atoms with Gasteiger partial charge in [-0.3, -0.25) is 14.4 Å². The van der Waals surface area contributed by atoms with Gasteiger partial charge in [-0.2, -0.15) is 0 Å². The van der Waals surface area contributed by atoms with Crippen LogP contribution in [0.5, 0.6) is 5.75 Å². The third kappa shape index (κ3) is 3.65. The molecule has 1 aromatic heterocycles. The minimum Gasteiger partial charge on any atom is -0.465 e. The van der Waals surface area contributed by atoms with E-state index in [0.29, 0.717) is 34.5 Å². The zero-order chi connectivity index (χ0) is 24.7. The molecule has 2 heterocycles. The lowest BCUT2D eigenvalue weighted by molar-refractivity contribution is -0.145. The second-order valence-corrected chi connectivity index (χ2v) is 8.60. The number of ether oxygens (including phenoxy) is 1. The number of nitrogens with one attached hydrogen (secondary N) is 1. The van der Waals surface area contributed by atoms with Crippen molar-refractivity contribution in [2.75, 3.05) is 16.8 Å². The topological polar surface area (TPSA) is 88.9 Å². The maximum absolute atomic E-state index is 13.6. The molecule has 1 aliphatic rings. The van der Waals surface area contributed by atoms with E-state index in [0.717, 1.165) is 5.56 Å². The highest BCUT2D eigenvalue weighted by Crippen LogP contribution is 2.39. The fraction of sp³-hybridized carbons (Fsp3) is 0.179. The normalized spacial score (nSPS) is 17.1. The van der Waals surface area contributed by atoms with E-state index < -0.39 is 17.4 Å². The van der Waals surface area contributed by atoms with Crippen LogP contribution in [-0.4, -0.2) is 29.7 Å².